The van der Waals surface area contributed by atoms with Crippen molar-refractivity contribution in [3.8, 4) is 0 Å². The van der Waals surface area contributed by atoms with Gasteiger partial charge in [0.1, 0.15) is 0 Å². The van der Waals surface area contributed by atoms with Crippen molar-refractivity contribution in [2.45, 2.75) is 72.6 Å². The van der Waals surface area contributed by atoms with E-state index in [-0.39, 0.29) is 0 Å². The standard InChI is InChI=1S/C31H40/c1-8-11-12-27(10-3)17-14-24(5)15-18-28-19-20-29-22-30(26(7)31(29)21-28)25(6)16-13-23(4)9-2/h10,13-14,16-17,19-21H,4-6,8-9,11-12,15,18,22H2,1-3,7H3/b16-13-,17-14-,27-10-. The van der Waals surface area contributed by atoms with Gasteiger partial charge in [0.05, 0.1) is 0 Å². The molecule has 0 nitrogen and oxygen atoms in total. The molecule has 31 heavy (non-hydrogen) atoms. The maximum Gasteiger partial charge on any atom is -0.00112 e. The summed E-state index contributed by atoms with van der Waals surface area (Å²) in [6.45, 7) is 21.4. The van der Waals surface area contributed by atoms with Gasteiger partial charge in [-0.2, -0.15) is 0 Å². The second-order valence-corrected chi connectivity index (χ2v) is 8.60. The lowest BCUT2D eigenvalue weighted by Gasteiger charge is -2.07. The van der Waals surface area contributed by atoms with Gasteiger partial charge in [-0.15, -0.1) is 0 Å². The van der Waals surface area contributed by atoms with E-state index in [0.29, 0.717) is 0 Å². The maximum atomic E-state index is 4.31. The van der Waals surface area contributed by atoms with E-state index in [0.717, 1.165) is 43.3 Å². The van der Waals surface area contributed by atoms with Crippen LogP contribution in [0.4, 0.5) is 0 Å². The second-order valence-electron chi connectivity index (χ2n) is 8.60. The summed E-state index contributed by atoms with van der Waals surface area (Å²) in [6, 6.07) is 6.95. The van der Waals surface area contributed by atoms with Gasteiger partial charge in [-0.05, 0) is 85.8 Å². The number of hydrogen-bond donors (Lipinski definition) is 0. The Morgan fingerprint density at radius 1 is 0.968 bits per heavy atom. The van der Waals surface area contributed by atoms with E-state index in [4.69, 9.17) is 0 Å². The summed E-state index contributed by atoms with van der Waals surface area (Å²) < 4.78 is 0. The molecule has 0 radical (unpaired) electrons. The molecule has 1 aromatic carbocycles. The first-order valence-corrected chi connectivity index (χ1v) is 11.8. The van der Waals surface area contributed by atoms with Crippen LogP contribution in [0, 0.1) is 0 Å². The van der Waals surface area contributed by atoms with Crippen LogP contribution in [0.1, 0.15) is 76.5 Å². The van der Waals surface area contributed by atoms with Gasteiger partial charge < -0.3 is 0 Å². The van der Waals surface area contributed by atoms with Crippen LogP contribution in [0.5, 0.6) is 0 Å². The van der Waals surface area contributed by atoms with E-state index < -0.39 is 0 Å². The molecule has 0 N–H and O–H groups in total. The average molecular weight is 413 g/mol. The number of hydrogen-bond acceptors (Lipinski definition) is 0. The smallest absolute Gasteiger partial charge is 0.00112 e. The van der Waals surface area contributed by atoms with Crippen molar-refractivity contribution in [3.05, 3.63) is 113 Å². The van der Waals surface area contributed by atoms with E-state index in [1.54, 1.807) is 0 Å². The molecular formula is C31H40. The molecule has 0 fully saturated rings. The fraction of sp³-hybridized carbons (Fsp3) is 0.355. The molecule has 0 atom stereocenters. The van der Waals surface area contributed by atoms with E-state index in [1.807, 2.05) is 0 Å². The monoisotopic (exact) mass is 412 g/mol. The van der Waals surface area contributed by atoms with Crippen LogP contribution in [0.3, 0.4) is 0 Å². The van der Waals surface area contributed by atoms with Crippen molar-refractivity contribution in [2.24, 2.45) is 0 Å². The van der Waals surface area contributed by atoms with Gasteiger partial charge >= 0.3 is 0 Å². The summed E-state index contributed by atoms with van der Waals surface area (Å²) >= 11 is 0. The fourth-order valence-electron chi connectivity index (χ4n) is 3.88. The molecular weight excluding hydrogens is 372 g/mol. The Hall–Kier alpha value is -2.60. The quantitative estimate of drug-likeness (QED) is 0.300. The molecule has 0 bridgehead atoms. The van der Waals surface area contributed by atoms with Crippen LogP contribution in [-0.2, 0) is 12.8 Å². The zero-order valence-electron chi connectivity index (χ0n) is 20.2. The van der Waals surface area contributed by atoms with Crippen molar-refractivity contribution in [1.29, 1.82) is 0 Å². The van der Waals surface area contributed by atoms with Gasteiger partial charge in [0.2, 0.25) is 0 Å². The van der Waals surface area contributed by atoms with Crippen LogP contribution in [0.25, 0.3) is 5.57 Å². The normalized spacial score (nSPS) is 14.0. The average Bonchev–Trinajstić information content (AvgIpc) is 3.11. The lowest BCUT2D eigenvalue weighted by molar-refractivity contribution is 0.796. The summed E-state index contributed by atoms with van der Waals surface area (Å²) in [5.41, 5.74) is 11.7. The van der Waals surface area contributed by atoms with Crippen LogP contribution in [-0.4, -0.2) is 0 Å². The summed E-state index contributed by atoms with van der Waals surface area (Å²) in [5.74, 6) is 0. The van der Waals surface area contributed by atoms with Crippen LogP contribution < -0.4 is 0 Å². The third kappa shape index (κ3) is 7.24. The first kappa shape index (κ1) is 24.7. The second kappa shape index (κ2) is 12.3. The van der Waals surface area contributed by atoms with Crippen LogP contribution in [0.15, 0.2) is 96.2 Å². The number of fused-ring (bicyclic) bond motifs is 1. The van der Waals surface area contributed by atoms with E-state index in [9.17, 15) is 0 Å². The van der Waals surface area contributed by atoms with Gasteiger partial charge in [-0.1, -0.05) is 105 Å². The zero-order valence-corrected chi connectivity index (χ0v) is 20.2. The number of unbranched alkanes of at least 4 members (excludes halogenated alkanes) is 1. The molecule has 0 aliphatic heterocycles. The third-order valence-corrected chi connectivity index (χ3v) is 6.22. The molecule has 1 aliphatic rings. The molecule has 2 rings (SSSR count). The number of aryl methyl sites for hydroxylation is 1. The Bertz CT molecular complexity index is 940. The SMILES string of the molecule is C=C(/C=C\C(=C)C1=C(C)c2cc(CCC(=C)/C=C\C(=C/C)CCCC)ccc2C1)CC. The van der Waals surface area contributed by atoms with Crippen molar-refractivity contribution in [1.82, 2.24) is 0 Å². The van der Waals surface area contributed by atoms with Gasteiger partial charge in [0.25, 0.3) is 0 Å². The molecule has 0 spiro atoms. The topological polar surface area (TPSA) is 0 Å². The Morgan fingerprint density at radius 3 is 2.39 bits per heavy atom. The molecule has 1 aliphatic carbocycles. The third-order valence-electron chi connectivity index (χ3n) is 6.22. The molecule has 0 aromatic heterocycles. The first-order chi connectivity index (χ1) is 14.9. The first-order valence-electron chi connectivity index (χ1n) is 11.8. The lowest BCUT2D eigenvalue weighted by Crippen LogP contribution is -1.91. The van der Waals surface area contributed by atoms with Gasteiger partial charge in [-0.25, -0.2) is 0 Å². The van der Waals surface area contributed by atoms with Crippen LogP contribution in [0.2, 0.25) is 0 Å². The highest BCUT2D eigenvalue weighted by Crippen LogP contribution is 2.37. The molecule has 0 heterocycles. The molecule has 1 aromatic rings. The summed E-state index contributed by atoms with van der Waals surface area (Å²) in [5, 5.41) is 0. The van der Waals surface area contributed by atoms with Gasteiger partial charge in [-0.3, -0.25) is 0 Å². The largest absolute Gasteiger partial charge is 0.0958 e. The number of allylic oxidation sites excluding steroid dienone is 11. The predicted octanol–water partition coefficient (Wildman–Crippen LogP) is 9.28. The molecule has 0 saturated heterocycles. The van der Waals surface area contributed by atoms with Crippen LogP contribution >= 0.6 is 0 Å². The Kier molecular flexibility index (Phi) is 9.79. The highest BCUT2D eigenvalue weighted by molar-refractivity contribution is 5.79. The van der Waals surface area contributed by atoms with Crippen molar-refractivity contribution in [2.75, 3.05) is 0 Å². The minimum atomic E-state index is 0.973. The highest BCUT2D eigenvalue weighted by Gasteiger charge is 2.19. The van der Waals surface area contributed by atoms with E-state index in [1.165, 1.54) is 51.8 Å². The zero-order chi connectivity index (χ0) is 22.8. The molecule has 0 unspecified atom stereocenters. The van der Waals surface area contributed by atoms with Crippen molar-refractivity contribution >= 4 is 5.57 Å². The number of benzene rings is 1. The molecule has 0 amide bonds. The van der Waals surface area contributed by atoms with E-state index in [2.05, 4.69) is 96.0 Å². The fourth-order valence-corrected chi connectivity index (χ4v) is 3.88. The summed E-state index contributed by atoms with van der Waals surface area (Å²) in [4.78, 5) is 0. The minimum absolute atomic E-state index is 0.973. The Labute approximate surface area is 191 Å². The summed E-state index contributed by atoms with van der Waals surface area (Å²) in [7, 11) is 0. The lowest BCUT2D eigenvalue weighted by atomic mass is 9.98. The molecule has 0 heteroatoms. The molecule has 0 saturated carbocycles. The predicted molar refractivity (Wildman–Crippen MR) is 140 cm³/mol. The minimum Gasteiger partial charge on any atom is -0.0958 e. The Balaban J connectivity index is 2.02. The number of rotatable bonds is 12. The highest BCUT2D eigenvalue weighted by atomic mass is 14.2. The molecule has 164 valence electrons. The van der Waals surface area contributed by atoms with Crippen molar-refractivity contribution in [3.63, 3.8) is 0 Å². The Morgan fingerprint density at radius 2 is 1.71 bits per heavy atom. The van der Waals surface area contributed by atoms with Gasteiger partial charge in [0.15, 0.2) is 0 Å². The van der Waals surface area contributed by atoms with Gasteiger partial charge in [0, 0.05) is 0 Å². The maximum absolute atomic E-state index is 4.31. The van der Waals surface area contributed by atoms with E-state index >= 15 is 0 Å². The summed E-state index contributed by atoms with van der Waals surface area (Å²) in [6.07, 6.45) is 18.5. The van der Waals surface area contributed by atoms with Crippen molar-refractivity contribution < 1.29 is 0 Å².